The van der Waals surface area contributed by atoms with E-state index < -0.39 is 15.9 Å². The largest absolute Gasteiger partial charge is 0.388 e. The van der Waals surface area contributed by atoms with Crippen LogP contribution in [0.1, 0.15) is 5.69 Å². The van der Waals surface area contributed by atoms with Crippen LogP contribution in [0.15, 0.2) is 23.2 Å². The Balaban J connectivity index is 2.61. The molecule has 10 heteroatoms. The Bertz CT molecular complexity index is 601. The fraction of sp³-hybridized carbons (Fsp3) is 0.364. The molecule has 0 bridgehead atoms. The number of aromatic nitrogens is 1. The number of sulfonamides is 1. The molecule has 1 aromatic heterocycles. The molecule has 0 aliphatic heterocycles. The number of ether oxygens (including phenoxy) is 1. The highest BCUT2D eigenvalue weighted by atomic mass is 32.2. The van der Waals surface area contributed by atoms with Gasteiger partial charge < -0.3 is 15.8 Å². The molecule has 1 aromatic rings. The molecular weight excluding hydrogens is 316 g/mol. The molecule has 116 valence electrons. The van der Waals surface area contributed by atoms with E-state index in [1.54, 1.807) is 0 Å². The van der Waals surface area contributed by atoms with Crippen LogP contribution in [-0.4, -0.2) is 51.1 Å². The maximum atomic E-state index is 11.9. The van der Waals surface area contributed by atoms with E-state index >= 15 is 0 Å². The van der Waals surface area contributed by atoms with Gasteiger partial charge in [0.25, 0.3) is 0 Å². The van der Waals surface area contributed by atoms with Gasteiger partial charge in [-0.3, -0.25) is 9.78 Å². The quantitative estimate of drug-likeness (QED) is 0.402. The first kappa shape index (κ1) is 17.4. The number of nitrogens with two attached hydrogens (primary N) is 1. The van der Waals surface area contributed by atoms with Gasteiger partial charge >= 0.3 is 0 Å². The number of rotatable bonds is 8. The minimum absolute atomic E-state index is 0.0735. The number of amides is 1. The SMILES string of the molecule is COCCNC(=O)CNS(=O)(=O)c1ccc(C(N)=S)nc1. The van der Waals surface area contributed by atoms with Gasteiger partial charge in [-0.15, -0.1) is 0 Å². The van der Waals surface area contributed by atoms with E-state index in [1.165, 1.54) is 19.2 Å². The molecule has 0 aromatic carbocycles. The van der Waals surface area contributed by atoms with Crippen molar-refractivity contribution < 1.29 is 17.9 Å². The highest BCUT2D eigenvalue weighted by Gasteiger charge is 2.16. The van der Waals surface area contributed by atoms with Crippen molar-refractivity contribution in [3.05, 3.63) is 24.0 Å². The van der Waals surface area contributed by atoms with Crippen LogP contribution in [0.4, 0.5) is 0 Å². The van der Waals surface area contributed by atoms with Crippen molar-refractivity contribution in [2.45, 2.75) is 4.90 Å². The molecule has 0 aliphatic carbocycles. The molecule has 1 amide bonds. The smallest absolute Gasteiger partial charge is 0.242 e. The fourth-order valence-corrected chi connectivity index (χ4v) is 2.33. The maximum Gasteiger partial charge on any atom is 0.242 e. The molecule has 8 nitrogen and oxygen atoms in total. The van der Waals surface area contributed by atoms with E-state index in [4.69, 9.17) is 22.7 Å². The highest BCUT2D eigenvalue weighted by molar-refractivity contribution is 7.89. The lowest BCUT2D eigenvalue weighted by molar-refractivity contribution is -0.120. The van der Waals surface area contributed by atoms with Crippen molar-refractivity contribution in [2.24, 2.45) is 5.73 Å². The summed E-state index contributed by atoms with van der Waals surface area (Å²) in [6.45, 7) is 0.285. The lowest BCUT2D eigenvalue weighted by Gasteiger charge is -2.07. The van der Waals surface area contributed by atoms with E-state index in [0.29, 0.717) is 18.8 Å². The Labute approximate surface area is 128 Å². The van der Waals surface area contributed by atoms with Gasteiger partial charge in [-0.05, 0) is 12.1 Å². The number of pyridine rings is 1. The van der Waals surface area contributed by atoms with Crippen LogP contribution in [0.25, 0.3) is 0 Å². The van der Waals surface area contributed by atoms with Gasteiger partial charge in [0.05, 0.1) is 18.8 Å². The van der Waals surface area contributed by atoms with Crippen LogP contribution in [-0.2, 0) is 19.6 Å². The molecule has 0 spiro atoms. The molecule has 21 heavy (non-hydrogen) atoms. The summed E-state index contributed by atoms with van der Waals surface area (Å²) in [6.07, 6.45) is 1.12. The monoisotopic (exact) mass is 332 g/mol. The molecule has 0 saturated heterocycles. The van der Waals surface area contributed by atoms with Gasteiger partial charge in [0, 0.05) is 19.9 Å². The number of hydrogen-bond donors (Lipinski definition) is 3. The molecule has 0 saturated carbocycles. The van der Waals surface area contributed by atoms with E-state index in [2.05, 4.69) is 15.0 Å². The summed E-state index contributed by atoms with van der Waals surface area (Å²) in [5.41, 5.74) is 5.69. The second-order valence-electron chi connectivity index (χ2n) is 3.91. The van der Waals surface area contributed by atoms with Crippen molar-refractivity contribution in [1.29, 1.82) is 0 Å². The van der Waals surface area contributed by atoms with Gasteiger partial charge in [-0.1, -0.05) is 12.2 Å². The van der Waals surface area contributed by atoms with Crippen LogP contribution in [0.3, 0.4) is 0 Å². The van der Waals surface area contributed by atoms with E-state index in [0.717, 1.165) is 6.20 Å². The first-order chi connectivity index (χ1) is 9.86. The van der Waals surface area contributed by atoms with E-state index in [-0.39, 0.29) is 16.4 Å². The number of nitrogens with one attached hydrogen (secondary N) is 2. The number of thiocarbonyl (C=S) groups is 1. The van der Waals surface area contributed by atoms with Crippen molar-refractivity contribution >= 4 is 33.1 Å². The Kier molecular flexibility index (Phi) is 6.62. The lowest BCUT2D eigenvalue weighted by atomic mass is 10.3. The minimum atomic E-state index is -3.82. The average molecular weight is 332 g/mol. The van der Waals surface area contributed by atoms with Gasteiger partial charge in [0.1, 0.15) is 9.88 Å². The molecule has 4 N–H and O–H groups in total. The second kappa shape index (κ2) is 7.98. The van der Waals surface area contributed by atoms with Crippen molar-refractivity contribution in [3.8, 4) is 0 Å². The highest BCUT2D eigenvalue weighted by Crippen LogP contribution is 2.07. The van der Waals surface area contributed by atoms with Crippen LogP contribution in [0.5, 0.6) is 0 Å². The first-order valence-electron chi connectivity index (χ1n) is 5.88. The lowest BCUT2D eigenvalue weighted by Crippen LogP contribution is -2.38. The third-order valence-electron chi connectivity index (χ3n) is 2.35. The van der Waals surface area contributed by atoms with Gasteiger partial charge in [0.15, 0.2) is 0 Å². The maximum absolute atomic E-state index is 11.9. The van der Waals surface area contributed by atoms with Crippen LogP contribution >= 0.6 is 12.2 Å². The zero-order chi connectivity index (χ0) is 15.9. The minimum Gasteiger partial charge on any atom is -0.388 e. The van der Waals surface area contributed by atoms with Crippen molar-refractivity contribution in [3.63, 3.8) is 0 Å². The summed E-state index contributed by atoms with van der Waals surface area (Å²) in [6, 6.07) is 2.71. The van der Waals surface area contributed by atoms with Crippen LogP contribution in [0.2, 0.25) is 0 Å². The van der Waals surface area contributed by atoms with Gasteiger partial charge in [-0.25, -0.2) is 13.1 Å². The number of methoxy groups -OCH3 is 1. The van der Waals surface area contributed by atoms with E-state index in [9.17, 15) is 13.2 Å². The summed E-state index contributed by atoms with van der Waals surface area (Å²) in [5.74, 6) is -0.455. The second-order valence-corrected chi connectivity index (χ2v) is 6.12. The molecule has 0 fully saturated rings. The number of carbonyl (C=O) groups is 1. The third kappa shape index (κ3) is 5.71. The van der Waals surface area contributed by atoms with Crippen molar-refractivity contribution in [2.75, 3.05) is 26.8 Å². The van der Waals surface area contributed by atoms with E-state index in [1.807, 2.05) is 0 Å². The standard InChI is InChI=1S/C11H16N4O4S2/c1-19-5-4-13-10(16)7-15-21(17,18)8-2-3-9(11(12)20)14-6-8/h2-3,6,15H,4-5,7H2,1H3,(H2,12,20)(H,13,16). The summed E-state index contributed by atoms with van der Waals surface area (Å²) >= 11 is 4.72. The predicted octanol–water partition coefficient (Wildman–Crippen LogP) is -1.24. The average Bonchev–Trinajstić information content (AvgIpc) is 2.45. The number of nitrogens with zero attached hydrogens (tertiary/aromatic N) is 1. The third-order valence-corrected chi connectivity index (χ3v) is 3.95. The summed E-state index contributed by atoms with van der Waals surface area (Å²) in [5, 5.41) is 2.49. The fourth-order valence-electron chi connectivity index (χ4n) is 1.28. The summed E-state index contributed by atoms with van der Waals surface area (Å²) in [4.78, 5) is 15.2. The summed E-state index contributed by atoms with van der Waals surface area (Å²) in [7, 11) is -2.32. The Morgan fingerprint density at radius 1 is 1.48 bits per heavy atom. The number of carbonyl (C=O) groups excluding carboxylic acids is 1. The Hall–Kier alpha value is -1.62. The Morgan fingerprint density at radius 3 is 2.71 bits per heavy atom. The molecule has 0 unspecified atom stereocenters. The van der Waals surface area contributed by atoms with Crippen LogP contribution in [0, 0.1) is 0 Å². The molecule has 1 heterocycles. The normalized spacial score (nSPS) is 11.1. The Morgan fingerprint density at radius 2 is 2.19 bits per heavy atom. The first-order valence-corrected chi connectivity index (χ1v) is 7.77. The molecule has 0 atom stereocenters. The zero-order valence-electron chi connectivity index (χ0n) is 11.3. The summed E-state index contributed by atoms with van der Waals surface area (Å²) < 4.78 is 30.8. The van der Waals surface area contributed by atoms with Gasteiger partial charge in [0.2, 0.25) is 15.9 Å². The topological polar surface area (TPSA) is 123 Å². The molecule has 0 aliphatic rings. The van der Waals surface area contributed by atoms with Gasteiger partial charge in [-0.2, -0.15) is 0 Å². The molecular formula is C11H16N4O4S2. The van der Waals surface area contributed by atoms with Crippen molar-refractivity contribution in [1.82, 2.24) is 15.0 Å². The number of hydrogen-bond acceptors (Lipinski definition) is 6. The molecule has 0 radical (unpaired) electrons. The molecule has 1 rings (SSSR count). The zero-order valence-corrected chi connectivity index (χ0v) is 13.0. The van der Waals surface area contributed by atoms with Crippen LogP contribution < -0.4 is 15.8 Å². The predicted molar refractivity (Wildman–Crippen MR) is 80.2 cm³/mol.